The van der Waals surface area contributed by atoms with Gasteiger partial charge in [0.15, 0.2) is 0 Å². The van der Waals surface area contributed by atoms with Gasteiger partial charge in [0.1, 0.15) is 6.17 Å². The molecule has 4 unspecified atom stereocenters. The Morgan fingerprint density at radius 1 is 0.955 bits per heavy atom. The van der Waals surface area contributed by atoms with Gasteiger partial charge in [0.2, 0.25) is 0 Å². The first kappa shape index (κ1) is 18.2. The molecule has 2 saturated carbocycles. The van der Waals surface area contributed by atoms with Crippen molar-refractivity contribution in [3.8, 4) is 0 Å². The zero-order valence-corrected chi connectivity index (χ0v) is 14.5. The standard InChI is InChI=1S/C19H35FO2/c1-3-5-14-7-9-16(10-8-14)19(22-21)17-12-11-15(6-4-2)18(20)13-17/h14-19,21H,3-13H2,1-2H3. The highest BCUT2D eigenvalue weighted by atomic mass is 19.1. The molecule has 2 rings (SSSR count). The van der Waals surface area contributed by atoms with Gasteiger partial charge in [-0.15, -0.1) is 0 Å². The van der Waals surface area contributed by atoms with Crippen LogP contribution in [0.3, 0.4) is 0 Å². The van der Waals surface area contributed by atoms with E-state index in [9.17, 15) is 9.65 Å². The average Bonchev–Trinajstić information content (AvgIpc) is 2.53. The van der Waals surface area contributed by atoms with Crippen molar-refractivity contribution in [1.29, 1.82) is 0 Å². The third kappa shape index (κ3) is 4.67. The minimum Gasteiger partial charge on any atom is -0.252 e. The molecular formula is C19H35FO2. The molecule has 0 heterocycles. The molecule has 0 aromatic heterocycles. The maximum Gasteiger partial charge on any atom is 0.103 e. The van der Waals surface area contributed by atoms with Crippen LogP contribution in [-0.4, -0.2) is 17.5 Å². The zero-order valence-electron chi connectivity index (χ0n) is 14.5. The van der Waals surface area contributed by atoms with Crippen LogP contribution in [0.4, 0.5) is 4.39 Å². The molecule has 2 aliphatic carbocycles. The summed E-state index contributed by atoms with van der Waals surface area (Å²) in [6.07, 6.45) is 11.2. The summed E-state index contributed by atoms with van der Waals surface area (Å²) in [7, 11) is 0. The lowest BCUT2D eigenvalue weighted by atomic mass is 9.70. The molecule has 0 saturated heterocycles. The molecule has 0 spiro atoms. The first-order valence-corrected chi connectivity index (χ1v) is 9.63. The number of hydrogen-bond acceptors (Lipinski definition) is 2. The number of hydrogen-bond donors (Lipinski definition) is 1. The molecule has 2 nitrogen and oxygen atoms in total. The Morgan fingerprint density at radius 3 is 2.14 bits per heavy atom. The van der Waals surface area contributed by atoms with Crippen LogP contribution in [0, 0.1) is 23.7 Å². The molecule has 3 heteroatoms. The first-order chi connectivity index (χ1) is 10.7. The number of alkyl halides is 1. The summed E-state index contributed by atoms with van der Waals surface area (Å²) >= 11 is 0. The quantitative estimate of drug-likeness (QED) is 0.461. The molecule has 2 aliphatic rings. The van der Waals surface area contributed by atoms with Gasteiger partial charge in [0.25, 0.3) is 0 Å². The summed E-state index contributed by atoms with van der Waals surface area (Å²) in [5.41, 5.74) is 0. The molecule has 0 amide bonds. The molecule has 0 aromatic rings. The Kier molecular flexibility index (Phi) is 7.62. The van der Waals surface area contributed by atoms with Crippen molar-refractivity contribution in [1.82, 2.24) is 0 Å². The first-order valence-electron chi connectivity index (χ1n) is 9.63. The van der Waals surface area contributed by atoms with Crippen LogP contribution >= 0.6 is 0 Å². The summed E-state index contributed by atoms with van der Waals surface area (Å²) in [6, 6.07) is 0. The Labute approximate surface area is 135 Å². The Balaban J connectivity index is 1.84. The van der Waals surface area contributed by atoms with Gasteiger partial charge in [-0.05, 0) is 62.2 Å². The van der Waals surface area contributed by atoms with E-state index in [0.717, 1.165) is 44.4 Å². The fourth-order valence-electron chi connectivity index (χ4n) is 4.97. The van der Waals surface area contributed by atoms with E-state index >= 15 is 0 Å². The fraction of sp³-hybridized carbons (Fsp3) is 1.00. The van der Waals surface area contributed by atoms with E-state index in [1.165, 1.54) is 25.7 Å². The van der Waals surface area contributed by atoms with E-state index in [-0.39, 0.29) is 17.9 Å². The predicted octanol–water partition coefficient (Wildman–Crippen LogP) is 6.01. The normalized spacial score (nSPS) is 37.9. The van der Waals surface area contributed by atoms with Crippen LogP contribution in [0.1, 0.15) is 84.5 Å². The van der Waals surface area contributed by atoms with Crippen molar-refractivity contribution in [3.63, 3.8) is 0 Å². The Hall–Kier alpha value is -0.150. The largest absolute Gasteiger partial charge is 0.252 e. The molecule has 22 heavy (non-hydrogen) atoms. The van der Waals surface area contributed by atoms with Gasteiger partial charge in [0, 0.05) is 0 Å². The summed E-state index contributed by atoms with van der Waals surface area (Å²) < 4.78 is 14.4. The Morgan fingerprint density at radius 2 is 1.59 bits per heavy atom. The van der Waals surface area contributed by atoms with Crippen molar-refractivity contribution in [3.05, 3.63) is 0 Å². The van der Waals surface area contributed by atoms with E-state index in [1.54, 1.807) is 0 Å². The summed E-state index contributed by atoms with van der Waals surface area (Å²) in [6.45, 7) is 4.38. The third-order valence-electron chi connectivity index (χ3n) is 6.25. The molecule has 0 bridgehead atoms. The smallest absolute Gasteiger partial charge is 0.103 e. The van der Waals surface area contributed by atoms with E-state index in [1.807, 2.05) is 0 Å². The summed E-state index contributed by atoms with van der Waals surface area (Å²) in [4.78, 5) is 4.90. The van der Waals surface area contributed by atoms with Crippen molar-refractivity contribution < 1.29 is 14.5 Å². The monoisotopic (exact) mass is 314 g/mol. The van der Waals surface area contributed by atoms with Crippen molar-refractivity contribution >= 4 is 0 Å². The van der Waals surface area contributed by atoms with Gasteiger partial charge in [-0.3, -0.25) is 5.26 Å². The number of halogens is 1. The van der Waals surface area contributed by atoms with E-state index < -0.39 is 6.17 Å². The zero-order chi connectivity index (χ0) is 15.9. The van der Waals surface area contributed by atoms with Gasteiger partial charge in [-0.1, -0.05) is 46.0 Å². The molecule has 1 N–H and O–H groups in total. The molecule has 0 aliphatic heterocycles. The van der Waals surface area contributed by atoms with Gasteiger partial charge < -0.3 is 0 Å². The minimum atomic E-state index is -0.701. The van der Waals surface area contributed by atoms with Crippen LogP contribution in [0.2, 0.25) is 0 Å². The van der Waals surface area contributed by atoms with E-state index in [4.69, 9.17) is 4.89 Å². The molecule has 2 fully saturated rings. The van der Waals surface area contributed by atoms with Crippen molar-refractivity contribution in [2.45, 2.75) is 96.8 Å². The number of rotatable bonds is 7. The molecular weight excluding hydrogens is 279 g/mol. The summed E-state index contributed by atoms with van der Waals surface area (Å²) in [5.74, 6) is 1.73. The molecule has 130 valence electrons. The van der Waals surface area contributed by atoms with Gasteiger partial charge in [-0.25, -0.2) is 9.28 Å². The van der Waals surface area contributed by atoms with Crippen molar-refractivity contribution in [2.75, 3.05) is 0 Å². The van der Waals surface area contributed by atoms with Crippen LogP contribution in [0.15, 0.2) is 0 Å². The molecule has 0 aromatic carbocycles. The SMILES string of the molecule is CCCC1CCC(C(OO)C2CCC(CCC)C(F)C2)CC1. The highest BCUT2D eigenvalue weighted by Gasteiger charge is 2.39. The second-order valence-electron chi connectivity index (χ2n) is 7.78. The highest BCUT2D eigenvalue weighted by Crippen LogP contribution is 2.42. The maximum atomic E-state index is 14.4. The Bertz CT molecular complexity index is 302. The van der Waals surface area contributed by atoms with Gasteiger partial charge in [-0.2, -0.15) is 0 Å². The second kappa shape index (κ2) is 9.22. The maximum absolute atomic E-state index is 14.4. The van der Waals surface area contributed by atoms with Crippen LogP contribution < -0.4 is 0 Å². The van der Waals surface area contributed by atoms with Crippen molar-refractivity contribution in [2.24, 2.45) is 23.7 Å². The van der Waals surface area contributed by atoms with Gasteiger partial charge >= 0.3 is 0 Å². The molecule has 0 radical (unpaired) electrons. The minimum absolute atomic E-state index is 0.136. The average molecular weight is 314 g/mol. The molecule has 4 atom stereocenters. The lowest BCUT2D eigenvalue weighted by molar-refractivity contribution is -0.308. The topological polar surface area (TPSA) is 29.5 Å². The fourth-order valence-corrected chi connectivity index (χ4v) is 4.97. The van der Waals surface area contributed by atoms with Crippen LogP contribution in [-0.2, 0) is 4.89 Å². The van der Waals surface area contributed by atoms with E-state index in [0.29, 0.717) is 12.3 Å². The van der Waals surface area contributed by atoms with E-state index in [2.05, 4.69) is 13.8 Å². The third-order valence-corrected chi connectivity index (χ3v) is 6.25. The van der Waals surface area contributed by atoms with Crippen LogP contribution in [0.5, 0.6) is 0 Å². The lowest BCUT2D eigenvalue weighted by Gasteiger charge is -2.40. The highest BCUT2D eigenvalue weighted by molar-refractivity contribution is 4.88. The second-order valence-corrected chi connectivity index (χ2v) is 7.78. The summed E-state index contributed by atoms with van der Waals surface area (Å²) in [5, 5.41) is 9.43. The van der Waals surface area contributed by atoms with Crippen LogP contribution in [0.25, 0.3) is 0 Å². The van der Waals surface area contributed by atoms with Gasteiger partial charge in [0.05, 0.1) is 6.10 Å². The predicted molar refractivity (Wildman–Crippen MR) is 88.5 cm³/mol. The lowest BCUT2D eigenvalue weighted by Crippen LogP contribution is -2.39.